The molecule has 0 amide bonds. The van der Waals surface area contributed by atoms with Gasteiger partial charge in [-0.05, 0) is 26.2 Å². The van der Waals surface area contributed by atoms with Crippen LogP contribution in [0, 0.1) is 5.92 Å². The Hall–Kier alpha value is -0.370. The third-order valence-electron chi connectivity index (χ3n) is 2.02. The number of rotatable bonds is 6. The van der Waals surface area contributed by atoms with Crippen molar-refractivity contribution in [3.05, 3.63) is 0 Å². The minimum Gasteiger partial charge on any atom is -0.326 e. The molecule has 12 heavy (non-hydrogen) atoms. The molecule has 0 bridgehead atoms. The van der Waals surface area contributed by atoms with Crippen LogP contribution in [0.5, 0.6) is 0 Å². The number of carbonyl (C=O) groups excluding carboxylic acids is 1. The van der Waals surface area contributed by atoms with Crippen LogP contribution < -0.4 is 5.73 Å². The summed E-state index contributed by atoms with van der Waals surface area (Å²) in [4.78, 5) is 10.2. The van der Waals surface area contributed by atoms with Gasteiger partial charge in [0.05, 0.1) is 0 Å². The molecule has 2 N–H and O–H groups in total. The monoisotopic (exact) mass is 171 g/mol. The van der Waals surface area contributed by atoms with Crippen LogP contribution in [-0.4, -0.2) is 11.8 Å². The van der Waals surface area contributed by atoms with Crippen molar-refractivity contribution in [2.24, 2.45) is 11.7 Å². The third kappa shape index (κ3) is 7.73. The van der Waals surface area contributed by atoms with E-state index in [0.717, 1.165) is 25.5 Å². The standard InChI is InChI=1S/C10H21NO/c1-9(6-8-12)5-4-7-10(2,3)11/h8-9H,4-7,11H2,1-3H3/t9-/m1/s1. The molecule has 0 unspecified atom stereocenters. The van der Waals surface area contributed by atoms with Crippen LogP contribution in [0.25, 0.3) is 0 Å². The molecule has 0 fully saturated rings. The van der Waals surface area contributed by atoms with Gasteiger partial charge in [-0.25, -0.2) is 0 Å². The summed E-state index contributed by atoms with van der Waals surface area (Å²) in [6.45, 7) is 6.19. The molecule has 2 nitrogen and oxygen atoms in total. The molecular formula is C10H21NO. The summed E-state index contributed by atoms with van der Waals surface area (Å²) in [6, 6.07) is 0. The Bertz CT molecular complexity index is 126. The molecule has 0 saturated heterocycles. The van der Waals surface area contributed by atoms with E-state index in [9.17, 15) is 4.79 Å². The van der Waals surface area contributed by atoms with Gasteiger partial charge >= 0.3 is 0 Å². The smallest absolute Gasteiger partial charge is 0.120 e. The van der Waals surface area contributed by atoms with Crippen molar-refractivity contribution in [3.63, 3.8) is 0 Å². The normalized spacial score (nSPS) is 14.3. The molecule has 0 rings (SSSR count). The zero-order chi connectivity index (χ0) is 9.61. The molecule has 0 aromatic heterocycles. The fraction of sp³-hybridized carbons (Fsp3) is 0.900. The first-order chi connectivity index (χ1) is 5.45. The molecular weight excluding hydrogens is 150 g/mol. The highest BCUT2D eigenvalue weighted by molar-refractivity contribution is 5.49. The zero-order valence-electron chi connectivity index (χ0n) is 8.47. The van der Waals surface area contributed by atoms with E-state index in [4.69, 9.17) is 5.73 Å². The quantitative estimate of drug-likeness (QED) is 0.622. The molecule has 0 aromatic rings. The summed E-state index contributed by atoms with van der Waals surface area (Å²) < 4.78 is 0. The second-order valence-electron chi connectivity index (χ2n) is 4.39. The fourth-order valence-corrected chi connectivity index (χ4v) is 1.19. The highest BCUT2D eigenvalue weighted by atomic mass is 16.1. The summed E-state index contributed by atoms with van der Waals surface area (Å²) in [5, 5.41) is 0. The van der Waals surface area contributed by atoms with Gasteiger partial charge in [0.1, 0.15) is 6.29 Å². The minimum absolute atomic E-state index is 0.0547. The maximum absolute atomic E-state index is 10.2. The average Bonchev–Trinajstić information content (AvgIpc) is 1.84. The van der Waals surface area contributed by atoms with E-state index < -0.39 is 0 Å². The lowest BCUT2D eigenvalue weighted by Crippen LogP contribution is -2.31. The third-order valence-corrected chi connectivity index (χ3v) is 2.02. The van der Waals surface area contributed by atoms with Crippen molar-refractivity contribution in [2.45, 2.75) is 52.0 Å². The van der Waals surface area contributed by atoms with Gasteiger partial charge in [0.25, 0.3) is 0 Å². The second kappa shape index (κ2) is 5.31. The van der Waals surface area contributed by atoms with E-state index in [1.807, 2.05) is 13.8 Å². The van der Waals surface area contributed by atoms with Crippen molar-refractivity contribution in [3.8, 4) is 0 Å². The van der Waals surface area contributed by atoms with E-state index in [1.54, 1.807) is 0 Å². The number of hydrogen-bond donors (Lipinski definition) is 1. The first-order valence-corrected chi connectivity index (χ1v) is 4.68. The Morgan fingerprint density at radius 1 is 1.50 bits per heavy atom. The van der Waals surface area contributed by atoms with Gasteiger partial charge in [-0.2, -0.15) is 0 Å². The first-order valence-electron chi connectivity index (χ1n) is 4.68. The van der Waals surface area contributed by atoms with Crippen molar-refractivity contribution < 1.29 is 4.79 Å². The van der Waals surface area contributed by atoms with Gasteiger partial charge in [0, 0.05) is 12.0 Å². The van der Waals surface area contributed by atoms with Crippen LogP contribution in [0.3, 0.4) is 0 Å². The van der Waals surface area contributed by atoms with E-state index in [-0.39, 0.29) is 5.54 Å². The predicted molar refractivity (Wildman–Crippen MR) is 52.0 cm³/mol. The maximum Gasteiger partial charge on any atom is 0.120 e. The average molecular weight is 171 g/mol. The molecule has 0 radical (unpaired) electrons. The van der Waals surface area contributed by atoms with Gasteiger partial charge in [-0.15, -0.1) is 0 Å². The van der Waals surface area contributed by atoms with Gasteiger partial charge < -0.3 is 10.5 Å². The van der Waals surface area contributed by atoms with Gasteiger partial charge in [0.15, 0.2) is 0 Å². The highest BCUT2D eigenvalue weighted by Crippen LogP contribution is 2.15. The van der Waals surface area contributed by atoms with Crippen molar-refractivity contribution in [1.82, 2.24) is 0 Å². The SMILES string of the molecule is C[C@@H](CC=O)CCCC(C)(C)N. The second-order valence-corrected chi connectivity index (χ2v) is 4.39. The molecule has 0 heterocycles. The number of carbonyl (C=O) groups is 1. The molecule has 72 valence electrons. The molecule has 1 atom stereocenters. The molecule has 0 saturated carbocycles. The number of nitrogens with two attached hydrogens (primary N) is 1. The van der Waals surface area contributed by atoms with Crippen LogP contribution in [0.15, 0.2) is 0 Å². The maximum atomic E-state index is 10.2. The number of hydrogen-bond acceptors (Lipinski definition) is 2. The van der Waals surface area contributed by atoms with E-state index in [2.05, 4.69) is 6.92 Å². The van der Waals surface area contributed by atoms with E-state index in [0.29, 0.717) is 12.3 Å². The zero-order valence-corrected chi connectivity index (χ0v) is 8.47. The minimum atomic E-state index is -0.0547. The van der Waals surface area contributed by atoms with Crippen LogP contribution in [0.2, 0.25) is 0 Å². The first kappa shape index (κ1) is 11.6. The lowest BCUT2D eigenvalue weighted by Gasteiger charge is -2.18. The van der Waals surface area contributed by atoms with Gasteiger partial charge in [0.2, 0.25) is 0 Å². The molecule has 0 spiro atoms. The van der Waals surface area contributed by atoms with Crippen LogP contribution in [0.1, 0.15) is 46.5 Å². The van der Waals surface area contributed by atoms with Gasteiger partial charge in [-0.1, -0.05) is 19.8 Å². The molecule has 2 heteroatoms. The van der Waals surface area contributed by atoms with Crippen LogP contribution in [0.4, 0.5) is 0 Å². The number of aldehydes is 1. The Kier molecular flexibility index (Phi) is 5.14. The lowest BCUT2D eigenvalue weighted by molar-refractivity contribution is -0.108. The molecule has 0 aliphatic heterocycles. The molecule has 0 aliphatic rings. The van der Waals surface area contributed by atoms with Crippen LogP contribution in [-0.2, 0) is 4.79 Å². The van der Waals surface area contributed by atoms with Gasteiger partial charge in [-0.3, -0.25) is 0 Å². The summed E-state index contributed by atoms with van der Waals surface area (Å²) in [7, 11) is 0. The van der Waals surface area contributed by atoms with Crippen molar-refractivity contribution in [2.75, 3.05) is 0 Å². The summed E-state index contributed by atoms with van der Waals surface area (Å²) in [5.74, 6) is 0.518. The van der Waals surface area contributed by atoms with E-state index >= 15 is 0 Å². The Labute approximate surface area is 75.5 Å². The summed E-state index contributed by atoms with van der Waals surface area (Å²) >= 11 is 0. The molecule has 0 aliphatic carbocycles. The summed E-state index contributed by atoms with van der Waals surface area (Å²) in [6.07, 6.45) is 4.96. The molecule has 0 aromatic carbocycles. The van der Waals surface area contributed by atoms with Crippen molar-refractivity contribution >= 4 is 6.29 Å². The lowest BCUT2D eigenvalue weighted by atomic mass is 9.94. The van der Waals surface area contributed by atoms with Crippen molar-refractivity contribution in [1.29, 1.82) is 0 Å². The predicted octanol–water partition coefficient (Wildman–Crippen LogP) is 2.12. The highest BCUT2D eigenvalue weighted by Gasteiger charge is 2.10. The van der Waals surface area contributed by atoms with E-state index in [1.165, 1.54) is 0 Å². The fourth-order valence-electron chi connectivity index (χ4n) is 1.19. The largest absolute Gasteiger partial charge is 0.326 e. The topological polar surface area (TPSA) is 43.1 Å². The summed E-state index contributed by atoms with van der Waals surface area (Å²) in [5.41, 5.74) is 5.77. The Morgan fingerprint density at radius 2 is 2.08 bits per heavy atom. The Morgan fingerprint density at radius 3 is 2.50 bits per heavy atom. The Balaban J connectivity index is 3.36. The van der Waals surface area contributed by atoms with Crippen LogP contribution >= 0.6 is 0 Å².